The Hall–Kier alpha value is -2.00. The summed E-state index contributed by atoms with van der Waals surface area (Å²) in [5, 5.41) is 0.750. The predicted octanol–water partition coefficient (Wildman–Crippen LogP) is 5.84. The van der Waals surface area contributed by atoms with Crippen molar-refractivity contribution in [3.63, 3.8) is 0 Å². The lowest BCUT2D eigenvalue weighted by Crippen LogP contribution is -2.34. The summed E-state index contributed by atoms with van der Waals surface area (Å²) in [6, 6.07) is 14.4. The minimum absolute atomic E-state index is 0.230. The van der Waals surface area contributed by atoms with E-state index in [1.807, 2.05) is 18.2 Å². The Bertz CT molecular complexity index is 956. The van der Waals surface area contributed by atoms with Crippen LogP contribution in [0.2, 0.25) is 5.02 Å². The van der Waals surface area contributed by atoms with E-state index in [1.165, 1.54) is 31.2 Å². The number of hydrogen-bond donors (Lipinski definition) is 1. The molecule has 1 N–H and O–H groups in total. The van der Waals surface area contributed by atoms with Gasteiger partial charge in [0.2, 0.25) is 0 Å². The number of nitrogens with one attached hydrogen (secondary N) is 1. The van der Waals surface area contributed by atoms with E-state index >= 15 is 0 Å². The van der Waals surface area contributed by atoms with Crippen LogP contribution in [0.15, 0.2) is 42.5 Å². The highest BCUT2D eigenvalue weighted by atomic mass is 35.5. The second kappa shape index (κ2) is 6.02. The number of hydrogen-bond acceptors (Lipinski definition) is 2. The SMILES string of the molecule is C[C@@H](c1nc2ccc(Cl)cc2[nH]1)[C@H]1CC[C@@]2(CC1)COc1ccccc12. The fourth-order valence-electron chi connectivity index (χ4n) is 4.87. The molecule has 2 heterocycles. The number of nitrogens with zero attached hydrogens (tertiary/aromatic N) is 1. The predicted molar refractivity (Wildman–Crippen MR) is 105 cm³/mol. The summed E-state index contributed by atoms with van der Waals surface area (Å²) in [6.07, 6.45) is 4.84. The van der Waals surface area contributed by atoms with Crippen LogP contribution in [0.5, 0.6) is 5.75 Å². The molecule has 0 radical (unpaired) electrons. The lowest BCUT2D eigenvalue weighted by Gasteiger charge is -2.38. The van der Waals surface area contributed by atoms with Gasteiger partial charge in [0.05, 0.1) is 17.6 Å². The fourth-order valence-corrected chi connectivity index (χ4v) is 5.04. The Morgan fingerprint density at radius 1 is 1.19 bits per heavy atom. The molecule has 4 heteroatoms. The van der Waals surface area contributed by atoms with Gasteiger partial charge < -0.3 is 9.72 Å². The third kappa shape index (κ3) is 2.52. The molecule has 0 unspecified atom stereocenters. The molecule has 1 aromatic heterocycles. The molecule has 134 valence electrons. The molecular formula is C22H23ClN2O. The van der Waals surface area contributed by atoms with Gasteiger partial charge >= 0.3 is 0 Å². The molecule has 0 amide bonds. The van der Waals surface area contributed by atoms with Crippen molar-refractivity contribution in [3.05, 3.63) is 58.9 Å². The van der Waals surface area contributed by atoms with Gasteiger partial charge in [0, 0.05) is 21.9 Å². The zero-order valence-corrected chi connectivity index (χ0v) is 15.7. The number of para-hydroxylation sites is 1. The summed E-state index contributed by atoms with van der Waals surface area (Å²) >= 11 is 6.11. The van der Waals surface area contributed by atoms with Gasteiger partial charge in [-0.05, 0) is 55.9 Å². The molecule has 3 aromatic rings. The van der Waals surface area contributed by atoms with Crippen molar-refractivity contribution in [2.75, 3.05) is 6.61 Å². The van der Waals surface area contributed by atoms with Crippen LogP contribution in [-0.2, 0) is 5.41 Å². The second-order valence-electron chi connectivity index (χ2n) is 7.97. The smallest absolute Gasteiger partial charge is 0.123 e. The zero-order chi connectivity index (χ0) is 17.7. The summed E-state index contributed by atoms with van der Waals surface area (Å²) in [7, 11) is 0. The van der Waals surface area contributed by atoms with E-state index < -0.39 is 0 Å². The average Bonchev–Trinajstić information content (AvgIpc) is 3.24. The van der Waals surface area contributed by atoms with E-state index in [9.17, 15) is 0 Å². The van der Waals surface area contributed by atoms with E-state index in [2.05, 4.69) is 36.2 Å². The van der Waals surface area contributed by atoms with Crippen LogP contribution in [0.3, 0.4) is 0 Å². The molecular weight excluding hydrogens is 344 g/mol. The first-order valence-electron chi connectivity index (χ1n) is 9.52. The monoisotopic (exact) mass is 366 g/mol. The molecule has 1 saturated carbocycles. The number of imidazole rings is 1. The number of halogens is 1. The van der Waals surface area contributed by atoms with Crippen LogP contribution in [0, 0.1) is 5.92 Å². The van der Waals surface area contributed by atoms with Crippen molar-refractivity contribution in [1.82, 2.24) is 9.97 Å². The van der Waals surface area contributed by atoms with Crippen LogP contribution < -0.4 is 4.74 Å². The van der Waals surface area contributed by atoms with Crippen LogP contribution in [0.25, 0.3) is 11.0 Å². The molecule has 3 nitrogen and oxygen atoms in total. The number of rotatable bonds is 2. The van der Waals surface area contributed by atoms with Gasteiger partial charge in [-0.15, -0.1) is 0 Å². The van der Waals surface area contributed by atoms with E-state index in [4.69, 9.17) is 21.3 Å². The van der Waals surface area contributed by atoms with Crippen molar-refractivity contribution in [1.29, 1.82) is 0 Å². The highest BCUT2D eigenvalue weighted by molar-refractivity contribution is 6.31. The lowest BCUT2D eigenvalue weighted by atomic mass is 9.65. The van der Waals surface area contributed by atoms with E-state index in [0.717, 1.165) is 34.2 Å². The van der Waals surface area contributed by atoms with E-state index in [0.29, 0.717) is 11.8 Å². The molecule has 1 atom stereocenters. The summed E-state index contributed by atoms with van der Waals surface area (Å²) in [6.45, 7) is 3.15. The third-order valence-corrected chi connectivity index (χ3v) is 6.79. The van der Waals surface area contributed by atoms with Crippen molar-refractivity contribution in [2.24, 2.45) is 5.92 Å². The van der Waals surface area contributed by atoms with Gasteiger partial charge in [0.25, 0.3) is 0 Å². The van der Waals surface area contributed by atoms with Gasteiger partial charge in [-0.25, -0.2) is 4.98 Å². The summed E-state index contributed by atoms with van der Waals surface area (Å²) < 4.78 is 5.99. The molecule has 1 aliphatic carbocycles. The first kappa shape index (κ1) is 16.2. The largest absolute Gasteiger partial charge is 0.492 e. The van der Waals surface area contributed by atoms with E-state index in [-0.39, 0.29) is 5.41 Å². The summed E-state index contributed by atoms with van der Waals surface area (Å²) in [4.78, 5) is 8.30. The van der Waals surface area contributed by atoms with Crippen LogP contribution in [0.1, 0.15) is 49.9 Å². The quantitative estimate of drug-likeness (QED) is 0.618. The van der Waals surface area contributed by atoms with Crippen molar-refractivity contribution in [2.45, 2.75) is 43.9 Å². The fraction of sp³-hybridized carbons (Fsp3) is 0.409. The second-order valence-corrected chi connectivity index (χ2v) is 8.41. The zero-order valence-electron chi connectivity index (χ0n) is 15.0. The molecule has 1 fully saturated rings. The number of benzene rings is 2. The third-order valence-electron chi connectivity index (χ3n) is 6.55. The highest BCUT2D eigenvalue weighted by Gasteiger charge is 2.44. The molecule has 0 bridgehead atoms. The molecule has 0 saturated heterocycles. The maximum atomic E-state index is 6.11. The van der Waals surface area contributed by atoms with Crippen molar-refractivity contribution < 1.29 is 4.74 Å². The first-order chi connectivity index (χ1) is 12.6. The molecule has 1 aliphatic heterocycles. The normalized spacial score (nSPS) is 26.0. The Balaban J connectivity index is 1.35. The molecule has 1 spiro atoms. The number of aromatic nitrogens is 2. The van der Waals surface area contributed by atoms with Crippen molar-refractivity contribution in [3.8, 4) is 5.75 Å². The van der Waals surface area contributed by atoms with Gasteiger partial charge in [-0.3, -0.25) is 0 Å². The number of fused-ring (bicyclic) bond motifs is 3. The molecule has 5 rings (SSSR count). The Morgan fingerprint density at radius 2 is 2.00 bits per heavy atom. The maximum Gasteiger partial charge on any atom is 0.123 e. The maximum absolute atomic E-state index is 6.11. The van der Waals surface area contributed by atoms with Crippen molar-refractivity contribution >= 4 is 22.6 Å². The van der Waals surface area contributed by atoms with Crippen LogP contribution >= 0.6 is 11.6 Å². The van der Waals surface area contributed by atoms with Gasteiger partial charge in [0.1, 0.15) is 11.6 Å². The standard InChI is InChI=1S/C22H23ClN2O/c1-14(21-24-18-7-6-16(23)12-19(18)25-21)15-8-10-22(11-9-15)13-26-20-5-3-2-4-17(20)22/h2-7,12,14-15H,8-11,13H2,1H3,(H,24,25)/t14-,15-,22+/m1/s1. The Labute approximate surface area is 158 Å². The highest BCUT2D eigenvalue weighted by Crippen LogP contribution is 2.50. The minimum Gasteiger partial charge on any atom is -0.492 e. The van der Waals surface area contributed by atoms with Gasteiger partial charge in [-0.1, -0.05) is 36.7 Å². The lowest BCUT2D eigenvalue weighted by molar-refractivity contribution is 0.169. The van der Waals surface area contributed by atoms with Crippen LogP contribution in [0.4, 0.5) is 0 Å². The van der Waals surface area contributed by atoms with Crippen LogP contribution in [-0.4, -0.2) is 16.6 Å². The van der Waals surface area contributed by atoms with E-state index in [1.54, 1.807) is 0 Å². The minimum atomic E-state index is 0.230. The Kier molecular flexibility index (Phi) is 3.75. The van der Waals surface area contributed by atoms with Gasteiger partial charge in [0.15, 0.2) is 0 Å². The van der Waals surface area contributed by atoms with Gasteiger partial charge in [-0.2, -0.15) is 0 Å². The summed E-state index contributed by atoms with van der Waals surface area (Å²) in [5.74, 6) is 3.26. The molecule has 26 heavy (non-hydrogen) atoms. The first-order valence-corrected chi connectivity index (χ1v) is 9.90. The number of ether oxygens (including phenoxy) is 1. The molecule has 2 aliphatic rings. The topological polar surface area (TPSA) is 37.9 Å². The summed E-state index contributed by atoms with van der Waals surface area (Å²) in [5.41, 5.74) is 3.68. The Morgan fingerprint density at radius 3 is 2.85 bits per heavy atom. The average molecular weight is 367 g/mol. The number of aromatic amines is 1. The molecule has 2 aromatic carbocycles. The number of H-pyrrole nitrogens is 1.